The van der Waals surface area contributed by atoms with Crippen LogP contribution in [0.25, 0.3) is 0 Å². The summed E-state index contributed by atoms with van der Waals surface area (Å²) in [6.45, 7) is 1.54. The van der Waals surface area contributed by atoms with Crippen molar-refractivity contribution in [3.8, 4) is 11.8 Å². The lowest BCUT2D eigenvalue weighted by Gasteiger charge is -2.32. The Kier molecular flexibility index (Phi) is 4.04. The molecular formula is C17H15F4NO2. The Morgan fingerprint density at radius 3 is 2.67 bits per heavy atom. The average molecular weight is 341 g/mol. The molecule has 1 aromatic carbocycles. The topological polar surface area (TPSA) is 38.3 Å². The fourth-order valence-electron chi connectivity index (χ4n) is 2.55. The van der Waals surface area contributed by atoms with Gasteiger partial charge in [-0.2, -0.15) is 13.2 Å². The zero-order valence-electron chi connectivity index (χ0n) is 12.8. The van der Waals surface area contributed by atoms with Gasteiger partial charge in [-0.05, 0) is 37.5 Å². The summed E-state index contributed by atoms with van der Waals surface area (Å²) < 4.78 is 60.9. The monoisotopic (exact) mass is 341 g/mol. The van der Waals surface area contributed by atoms with Crippen molar-refractivity contribution in [2.45, 2.75) is 44.1 Å². The van der Waals surface area contributed by atoms with E-state index >= 15 is 0 Å². The molecule has 3 rings (SSSR count). The van der Waals surface area contributed by atoms with Gasteiger partial charge in [-0.25, -0.2) is 4.39 Å². The molecule has 0 saturated heterocycles. The molecular weight excluding hydrogens is 326 g/mol. The third kappa shape index (κ3) is 2.86. The summed E-state index contributed by atoms with van der Waals surface area (Å²) >= 11 is 0. The van der Waals surface area contributed by atoms with Gasteiger partial charge in [0.2, 0.25) is 0 Å². The third-order valence-electron chi connectivity index (χ3n) is 4.03. The van der Waals surface area contributed by atoms with Gasteiger partial charge in [0, 0.05) is 17.2 Å². The van der Waals surface area contributed by atoms with E-state index in [1.165, 1.54) is 6.92 Å². The number of benzene rings is 1. The maximum absolute atomic E-state index is 14.0. The first kappa shape index (κ1) is 16.8. The summed E-state index contributed by atoms with van der Waals surface area (Å²) in [5.74, 6) is 3.08. The van der Waals surface area contributed by atoms with Crippen molar-refractivity contribution < 1.29 is 27.1 Å². The van der Waals surface area contributed by atoms with Gasteiger partial charge in [-0.15, -0.1) is 0 Å². The van der Waals surface area contributed by atoms with E-state index in [9.17, 15) is 22.4 Å². The number of anilines is 1. The van der Waals surface area contributed by atoms with E-state index in [1.54, 1.807) is 0 Å². The molecule has 0 aromatic heterocycles. The highest BCUT2D eigenvalue weighted by Gasteiger charge is 2.60. The van der Waals surface area contributed by atoms with Crippen molar-refractivity contribution >= 4 is 11.6 Å². The van der Waals surface area contributed by atoms with E-state index in [-0.39, 0.29) is 18.0 Å². The first-order chi connectivity index (χ1) is 11.3. The Bertz CT molecular complexity index is 730. The van der Waals surface area contributed by atoms with Crippen molar-refractivity contribution in [3.63, 3.8) is 0 Å². The molecule has 1 aromatic rings. The molecule has 7 heteroatoms. The van der Waals surface area contributed by atoms with Crippen LogP contribution < -0.4 is 5.32 Å². The molecule has 0 unspecified atom stereocenters. The highest BCUT2D eigenvalue weighted by Crippen LogP contribution is 2.47. The number of nitrogens with one attached hydrogen (secondary N) is 1. The number of alkyl halides is 3. The second-order valence-electron chi connectivity index (χ2n) is 5.92. The molecule has 128 valence electrons. The Labute approximate surface area is 136 Å². The van der Waals surface area contributed by atoms with Crippen LogP contribution in [0.5, 0.6) is 0 Å². The molecule has 1 amide bonds. The van der Waals surface area contributed by atoms with E-state index in [2.05, 4.69) is 17.2 Å². The first-order valence-corrected chi connectivity index (χ1v) is 7.65. The summed E-state index contributed by atoms with van der Waals surface area (Å²) in [6.07, 6.45) is -4.78. The second-order valence-corrected chi connectivity index (χ2v) is 5.92. The molecule has 1 aliphatic heterocycles. The molecule has 1 heterocycles. The van der Waals surface area contributed by atoms with Gasteiger partial charge in [0.15, 0.2) is 0 Å². The van der Waals surface area contributed by atoms with Crippen molar-refractivity contribution in [3.05, 3.63) is 29.6 Å². The lowest BCUT2D eigenvalue weighted by molar-refractivity contribution is -0.268. The summed E-state index contributed by atoms with van der Waals surface area (Å²) in [7, 11) is 0. The van der Waals surface area contributed by atoms with E-state index in [0.29, 0.717) is 0 Å². The molecule has 24 heavy (non-hydrogen) atoms. The smallest absolute Gasteiger partial charge is 0.337 e. The summed E-state index contributed by atoms with van der Waals surface area (Å²) in [6, 6.07) is 2.81. The predicted octanol–water partition coefficient (Wildman–Crippen LogP) is 3.74. The quantitative estimate of drug-likeness (QED) is 0.624. The maximum Gasteiger partial charge on any atom is 0.433 e. The van der Waals surface area contributed by atoms with Crippen LogP contribution in [0, 0.1) is 23.6 Å². The van der Waals surface area contributed by atoms with Crippen LogP contribution in [0.15, 0.2) is 18.2 Å². The van der Waals surface area contributed by atoms with Crippen LogP contribution in [0.2, 0.25) is 0 Å². The van der Waals surface area contributed by atoms with Crippen LogP contribution in [-0.4, -0.2) is 18.2 Å². The summed E-state index contributed by atoms with van der Waals surface area (Å²) in [5.41, 5.74) is -3.69. The molecule has 1 fully saturated rings. The highest BCUT2D eigenvalue weighted by atomic mass is 19.4. The predicted molar refractivity (Wildman–Crippen MR) is 78.4 cm³/mol. The number of rotatable bonds is 1. The third-order valence-corrected chi connectivity index (χ3v) is 4.03. The van der Waals surface area contributed by atoms with Gasteiger partial charge in [-0.3, -0.25) is 4.79 Å². The van der Waals surface area contributed by atoms with Crippen molar-refractivity contribution in [1.29, 1.82) is 0 Å². The molecule has 0 radical (unpaired) electrons. The fourth-order valence-corrected chi connectivity index (χ4v) is 2.55. The van der Waals surface area contributed by atoms with Crippen LogP contribution in [-0.2, 0) is 15.1 Å². The number of amides is 1. The van der Waals surface area contributed by atoms with Crippen LogP contribution >= 0.6 is 0 Å². The van der Waals surface area contributed by atoms with Gasteiger partial charge < -0.3 is 10.1 Å². The van der Waals surface area contributed by atoms with E-state index in [4.69, 9.17) is 4.74 Å². The fraction of sp³-hybridized carbons (Fsp3) is 0.471. The minimum absolute atomic E-state index is 0.0330. The number of hydrogen-bond donors (Lipinski definition) is 1. The van der Waals surface area contributed by atoms with Crippen LogP contribution in [0.4, 0.5) is 23.2 Å². The normalized spacial score (nSPS) is 26.7. The maximum atomic E-state index is 14.0. The zero-order valence-corrected chi connectivity index (χ0v) is 12.8. The number of hydrogen-bond acceptors (Lipinski definition) is 2. The molecule has 1 N–H and O–H groups in total. The summed E-state index contributed by atoms with van der Waals surface area (Å²) in [4.78, 5) is 12.1. The van der Waals surface area contributed by atoms with Gasteiger partial charge in [0.25, 0.3) is 11.5 Å². The molecule has 2 atom stereocenters. The number of carbonyl (C=O) groups excluding carboxylic acids is 1. The highest BCUT2D eigenvalue weighted by molar-refractivity contribution is 5.96. The Morgan fingerprint density at radius 1 is 1.38 bits per heavy atom. The lowest BCUT2D eigenvalue weighted by Crippen LogP contribution is -2.46. The van der Waals surface area contributed by atoms with E-state index < -0.39 is 35.2 Å². The van der Waals surface area contributed by atoms with Crippen LogP contribution in [0.1, 0.15) is 31.7 Å². The molecule has 0 spiro atoms. The first-order valence-electron chi connectivity index (χ1n) is 7.65. The molecule has 3 nitrogen and oxygen atoms in total. The van der Waals surface area contributed by atoms with Gasteiger partial charge in [-0.1, -0.05) is 18.8 Å². The van der Waals surface area contributed by atoms with Crippen molar-refractivity contribution in [2.75, 3.05) is 5.32 Å². The minimum atomic E-state index is -4.93. The summed E-state index contributed by atoms with van der Waals surface area (Å²) in [5, 5.41) is 2.38. The number of ether oxygens (including phenoxy) is 1. The minimum Gasteiger partial charge on any atom is -0.337 e. The molecule has 1 aliphatic carbocycles. The molecule has 1 saturated carbocycles. The second kappa shape index (κ2) is 5.78. The van der Waals surface area contributed by atoms with E-state index in [0.717, 1.165) is 31.0 Å². The van der Waals surface area contributed by atoms with Gasteiger partial charge in [0.1, 0.15) is 11.9 Å². The average Bonchev–Trinajstić information content (AvgIpc) is 3.32. The largest absolute Gasteiger partial charge is 0.433 e. The van der Waals surface area contributed by atoms with Crippen molar-refractivity contribution in [1.82, 2.24) is 0 Å². The Morgan fingerprint density at radius 2 is 2.08 bits per heavy atom. The van der Waals surface area contributed by atoms with Gasteiger partial charge >= 0.3 is 6.18 Å². The van der Waals surface area contributed by atoms with Crippen LogP contribution in [0.3, 0.4) is 0 Å². The number of fused-ring (bicyclic) bond motifs is 1. The number of carbonyl (C=O) groups is 1. The standard InChI is InChI=1S/C17H15F4NO2/c1-2-14-15(23)22-13-6-5-11(18)9-12(13)16(24-14,17(19,20)21)8-7-10-3-4-10/h5-6,9-10,14H,2-4H2,1H3,(H,22,23)/t14-,16+/m0/s1. The van der Waals surface area contributed by atoms with E-state index in [1.807, 2.05) is 0 Å². The number of halogens is 4. The lowest BCUT2D eigenvalue weighted by atomic mass is 9.91. The van der Waals surface area contributed by atoms with Gasteiger partial charge in [0.05, 0.1) is 0 Å². The Hall–Kier alpha value is -2.07. The SMILES string of the molecule is CC[C@@H]1O[C@@](C#CC2CC2)(C(F)(F)F)c2cc(F)ccc2NC1=O. The van der Waals surface area contributed by atoms with Crippen molar-refractivity contribution in [2.24, 2.45) is 5.92 Å². The zero-order chi connectivity index (χ0) is 17.5. The molecule has 0 bridgehead atoms. The molecule has 2 aliphatic rings. The Balaban J connectivity index is 2.25.